The topological polar surface area (TPSA) is 66.4 Å². The maximum atomic E-state index is 11.8. The average molecular weight is 281 g/mol. The van der Waals surface area contributed by atoms with Gasteiger partial charge >= 0.3 is 5.97 Å². The van der Waals surface area contributed by atoms with Gasteiger partial charge in [0.2, 0.25) is 5.91 Å². The summed E-state index contributed by atoms with van der Waals surface area (Å²) < 4.78 is 0. The molecule has 1 amide bonds. The third kappa shape index (κ3) is 7.31. The summed E-state index contributed by atoms with van der Waals surface area (Å²) in [5.41, 5.74) is 0. The summed E-state index contributed by atoms with van der Waals surface area (Å²) in [5.74, 6) is -0.141. The molecule has 1 aliphatic rings. The van der Waals surface area contributed by atoms with E-state index in [1.807, 2.05) is 0 Å². The van der Waals surface area contributed by atoms with Gasteiger partial charge in [-0.15, -0.1) is 6.58 Å². The van der Waals surface area contributed by atoms with Crippen molar-refractivity contribution in [3.05, 3.63) is 12.7 Å². The lowest BCUT2D eigenvalue weighted by Crippen LogP contribution is -2.37. The Kier molecular flexibility index (Phi) is 8.00. The molecule has 0 spiro atoms. The summed E-state index contributed by atoms with van der Waals surface area (Å²) in [6.07, 6.45) is 10.7. The predicted octanol–water partition coefficient (Wildman–Crippen LogP) is 3.27. The van der Waals surface area contributed by atoms with Crippen molar-refractivity contribution < 1.29 is 14.7 Å². The summed E-state index contributed by atoms with van der Waals surface area (Å²) in [4.78, 5) is 22.5. The molecule has 1 atom stereocenters. The molecular formula is C16H27NO3. The van der Waals surface area contributed by atoms with Crippen LogP contribution in [0.2, 0.25) is 0 Å². The van der Waals surface area contributed by atoms with Gasteiger partial charge in [0.25, 0.3) is 0 Å². The molecule has 2 N–H and O–H groups in total. The van der Waals surface area contributed by atoms with Crippen molar-refractivity contribution in [2.45, 2.75) is 70.3 Å². The Morgan fingerprint density at radius 2 is 1.95 bits per heavy atom. The van der Waals surface area contributed by atoms with Gasteiger partial charge in [-0.1, -0.05) is 38.2 Å². The molecule has 0 heterocycles. The Morgan fingerprint density at radius 1 is 1.25 bits per heavy atom. The first-order chi connectivity index (χ1) is 9.61. The van der Waals surface area contributed by atoms with E-state index in [0.717, 1.165) is 6.42 Å². The molecule has 1 fully saturated rings. The highest BCUT2D eigenvalue weighted by atomic mass is 16.4. The van der Waals surface area contributed by atoms with E-state index in [1.54, 1.807) is 6.08 Å². The van der Waals surface area contributed by atoms with E-state index in [2.05, 4.69) is 11.9 Å². The molecular weight excluding hydrogens is 254 g/mol. The number of carboxylic acid groups (broad SMARTS) is 1. The predicted molar refractivity (Wildman–Crippen MR) is 79.4 cm³/mol. The SMILES string of the molecule is C=CCCC(=O)NC(CCC(=O)O)CC1CCCCC1. The zero-order valence-electron chi connectivity index (χ0n) is 12.3. The number of allylic oxidation sites excluding steroid dienone is 1. The number of amides is 1. The molecule has 4 nitrogen and oxygen atoms in total. The third-order valence-electron chi connectivity index (χ3n) is 3.99. The Hall–Kier alpha value is -1.32. The molecule has 1 unspecified atom stereocenters. The molecule has 1 rings (SSSR count). The molecule has 0 aromatic heterocycles. The van der Waals surface area contributed by atoms with E-state index in [0.29, 0.717) is 25.2 Å². The van der Waals surface area contributed by atoms with E-state index in [4.69, 9.17) is 5.11 Å². The van der Waals surface area contributed by atoms with Crippen LogP contribution in [0.1, 0.15) is 64.2 Å². The maximum absolute atomic E-state index is 11.8. The fourth-order valence-corrected chi connectivity index (χ4v) is 2.90. The summed E-state index contributed by atoms with van der Waals surface area (Å²) in [6, 6.07) is 0.00603. The van der Waals surface area contributed by atoms with E-state index in [9.17, 15) is 9.59 Å². The van der Waals surface area contributed by atoms with Crippen molar-refractivity contribution in [3.63, 3.8) is 0 Å². The smallest absolute Gasteiger partial charge is 0.303 e. The molecule has 20 heavy (non-hydrogen) atoms. The molecule has 114 valence electrons. The monoisotopic (exact) mass is 281 g/mol. The Balaban J connectivity index is 2.42. The van der Waals surface area contributed by atoms with E-state index in [-0.39, 0.29) is 18.4 Å². The van der Waals surface area contributed by atoms with Gasteiger partial charge in [-0.25, -0.2) is 0 Å². The normalized spacial score (nSPS) is 17.4. The second-order valence-electron chi connectivity index (χ2n) is 5.76. The summed E-state index contributed by atoms with van der Waals surface area (Å²) in [6.45, 7) is 3.61. The van der Waals surface area contributed by atoms with Gasteiger partial charge in [0, 0.05) is 18.9 Å². The van der Waals surface area contributed by atoms with Crippen molar-refractivity contribution in [1.82, 2.24) is 5.32 Å². The van der Waals surface area contributed by atoms with Crippen LogP contribution in [0.4, 0.5) is 0 Å². The minimum Gasteiger partial charge on any atom is -0.481 e. The summed E-state index contributed by atoms with van der Waals surface area (Å²) in [5, 5.41) is 11.8. The lowest BCUT2D eigenvalue weighted by atomic mass is 9.84. The van der Waals surface area contributed by atoms with Gasteiger partial charge in [-0.2, -0.15) is 0 Å². The summed E-state index contributed by atoms with van der Waals surface area (Å²) >= 11 is 0. The maximum Gasteiger partial charge on any atom is 0.303 e. The van der Waals surface area contributed by atoms with Gasteiger partial charge in [-0.3, -0.25) is 9.59 Å². The van der Waals surface area contributed by atoms with Crippen molar-refractivity contribution in [3.8, 4) is 0 Å². The molecule has 1 aliphatic carbocycles. The van der Waals surface area contributed by atoms with Gasteiger partial charge in [0.05, 0.1) is 0 Å². The zero-order chi connectivity index (χ0) is 14.8. The second kappa shape index (κ2) is 9.56. The van der Waals surface area contributed by atoms with Crippen molar-refractivity contribution in [2.24, 2.45) is 5.92 Å². The Bertz CT molecular complexity index is 322. The number of rotatable bonds is 9. The van der Waals surface area contributed by atoms with Gasteiger partial charge in [0.15, 0.2) is 0 Å². The molecule has 0 bridgehead atoms. The highest BCUT2D eigenvalue weighted by Crippen LogP contribution is 2.28. The van der Waals surface area contributed by atoms with Crippen LogP contribution in [0.25, 0.3) is 0 Å². The number of nitrogens with one attached hydrogen (secondary N) is 1. The highest BCUT2D eigenvalue weighted by Gasteiger charge is 2.20. The van der Waals surface area contributed by atoms with Crippen LogP contribution in [-0.2, 0) is 9.59 Å². The van der Waals surface area contributed by atoms with Crippen LogP contribution in [0.15, 0.2) is 12.7 Å². The number of carboxylic acids is 1. The van der Waals surface area contributed by atoms with Crippen LogP contribution in [0, 0.1) is 5.92 Å². The quantitative estimate of drug-likeness (QED) is 0.637. The second-order valence-corrected chi connectivity index (χ2v) is 5.76. The number of carbonyl (C=O) groups excluding carboxylic acids is 1. The van der Waals surface area contributed by atoms with Crippen LogP contribution in [0.3, 0.4) is 0 Å². The zero-order valence-corrected chi connectivity index (χ0v) is 12.3. The van der Waals surface area contributed by atoms with Gasteiger partial charge < -0.3 is 10.4 Å². The molecule has 0 aliphatic heterocycles. The summed E-state index contributed by atoms with van der Waals surface area (Å²) in [7, 11) is 0. The highest BCUT2D eigenvalue weighted by molar-refractivity contribution is 5.76. The van der Waals surface area contributed by atoms with E-state index in [1.165, 1.54) is 32.1 Å². The average Bonchev–Trinajstić information content (AvgIpc) is 2.43. The first-order valence-electron chi connectivity index (χ1n) is 7.74. The largest absolute Gasteiger partial charge is 0.481 e. The Labute approximate surface area is 121 Å². The number of aliphatic carboxylic acids is 1. The van der Waals surface area contributed by atoms with Crippen molar-refractivity contribution >= 4 is 11.9 Å². The molecule has 0 aromatic rings. The molecule has 0 aromatic carbocycles. The Morgan fingerprint density at radius 3 is 2.55 bits per heavy atom. The first-order valence-corrected chi connectivity index (χ1v) is 7.74. The number of hydrogen-bond acceptors (Lipinski definition) is 2. The minimum atomic E-state index is -0.793. The molecule has 4 heteroatoms. The standard InChI is InChI=1S/C16H27NO3/c1-2-3-9-15(18)17-14(10-11-16(19)20)12-13-7-5-4-6-8-13/h2,13-14H,1,3-12H2,(H,17,18)(H,19,20). The number of hydrogen-bond donors (Lipinski definition) is 2. The van der Waals surface area contributed by atoms with Crippen molar-refractivity contribution in [1.29, 1.82) is 0 Å². The third-order valence-corrected chi connectivity index (χ3v) is 3.99. The van der Waals surface area contributed by atoms with Crippen LogP contribution < -0.4 is 5.32 Å². The van der Waals surface area contributed by atoms with Gasteiger partial charge in [0.1, 0.15) is 0 Å². The molecule has 0 saturated heterocycles. The fourth-order valence-electron chi connectivity index (χ4n) is 2.90. The van der Waals surface area contributed by atoms with E-state index >= 15 is 0 Å². The molecule has 1 saturated carbocycles. The van der Waals surface area contributed by atoms with Crippen LogP contribution >= 0.6 is 0 Å². The molecule has 0 radical (unpaired) electrons. The van der Waals surface area contributed by atoms with Crippen LogP contribution in [-0.4, -0.2) is 23.0 Å². The lowest BCUT2D eigenvalue weighted by molar-refractivity contribution is -0.137. The first kappa shape index (κ1) is 16.7. The van der Waals surface area contributed by atoms with Crippen molar-refractivity contribution in [2.75, 3.05) is 0 Å². The van der Waals surface area contributed by atoms with Crippen LogP contribution in [0.5, 0.6) is 0 Å². The van der Waals surface area contributed by atoms with E-state index < -0.39 is 5.97 Å². The fraction of sp³-hybridized carbons (Fsp3) is 0.750. The minimum absolute atomic E-state index is 0.00603. The van der Waals surface area contributed by atoms with Gasteiger partial charge in [-0.05, 0) is 25.2 Å². The lowest BCUT2D eigenvalue weighted by Gasteiger charge is -2.27. The number of carbonyl (C=O) groups is 2.